The molecule has 2 fully saturated rings. The molecule has 0 radical (unpaired) electrons. The third-order valence-electron chi connectivity index (χ3n) is 4.66. The highest BCUT2D eigenvalue weighted by atomic mass is 16.5. The summed E-state index contributed by atoms with van der Waals surface area (Å²) in [5.74, 6) is 1.97. The minimum atomic E-state index is 0.571. The summed E-state index contributed by atoms with van der Waals surface area (Å²) in [5.41, 5.74) is 2.42. The lowest BCUT2D eigenvalue weighted by molar-refractivity contribution is 0.396. The van der Waals surface area contributed by atoms with Crippen molar-refractivity contribution in [3.63, 3.8) is 0 Å². The second kappa shape index (κ2) is 6.56. The SMILES string of the molecule is COc1cc(N2CCCC2)c(OC)cc1CC1CCCN1. The molecule has 21 heavy (non-hydrogen) atoms. The van der Waals surface area contributed by atoms with E-state index in [9.17, 15) is 0 Å². The van der Waals surface area contributed by atoms with E-state index in [2.05, 4.69) is 22.3 Å². The first kappa shape index (κ1) is 14.5. The van der Waals surface area contributed by atoms with E-state index in [1.54, 1.807) is 14.2 Å². The summed E-state index contributed by atoms with van der Waals surface area (Å²) in [4.78, 5) is 2.40. The minimum Gasteiger partial charge on any atom is -0.496 e. The normalized spacial score (nSPS) is 21.8. The maximum atomic E-state index is 5.65. The Hall–Kier alpha value is -1.42. The zero-order valence-corrected chi connectivity index (χ0v) is 13.2. The first-order valence-electron chi connectivity index (χ1n) is 8.05. The molecule has 4 nitrogen and oxygen atoms in total. The molecular formula is C17H26N2O2. The van der Waals surface area contributed by atoms with Crippen molar-refractivity contribution < 1.29 is 9.47 Å². The maximum absolute atomic E-state index is 5.65. The van der Waals surface area contributed by atoms with Gasteiger partial charge in [-0.25, -0.2) is 0 Å². The van der Waals surface area contributed by atoms with Gasteiger partial charge in [0.2, 0.25) is 0 Å². The number of rotatable bonds is 5. The first-order valence-corrected chi connectivity index (χ1v) is 8.05. The van der Waals surface area contributed by atoms with Crippen molar-refractivity contribution in [3.05, 3.63) is 17.7 Å². The van der Waals surface area contributed by atoms with Gasteiger partial charge in [-0.15, -0.1) is 0 Å². The lowest BCUT2D eigenvalue weighted by Gasteiger charge is -2.23. The van der Waals surface area contributed by atoms with E-state index in [0.717, 1.165) is 37.6 Å². The Morgan fingerprint density at radius 2 is 1.86 bits per heavy atom. The quantitative estimate of drug-likeness (QED) is 0.904. The van der Waals surface area contributed by atoms with Gasteiger partial charge in [-0.3, -0.25) is 0 Å². The third kappa shape index (κ3) is 3.10. The van der Waals surface area contributed by atoms with Crippen molar-refractivity contribution >= 4 is 5.69 Å². The second-order valence-corrected chi connectivity index (χ2v) is 6.03. The molecule has 0 amide bonds. The Morgan fingerprint density at radius 1 is 1.10 bits per heavy atom. The van der Waals surface area contributed by atoms with Gasteiger partial charge in [0.05, 0.1) is 19.9 Å². The van der Waals surface area contributed by atoms with Crippen LogP contribution in [0.15, 0.2) is 12.1 Å². The monoisotopic (exact) mass is 290 g/mol. The van der Waals surface area contributed by atoms with Crippen LogP contribution in [0.5, 0.6) is 11.5 Å². The zero-order chi connectivity index (χ0) is 14.7. The summed E-state index contributed by atoms with van der Waals surface area (Å²) < 4.78 is 11.3. The molecule has 0 bridgehead atoms. The molecule has 1 N–H and O–H groups in total. The summed E-state index contributed by atoms with van der Waals surface area (Å²) in [7, 11) is 3.53. The molecule has 2 saturated heterocycles. The minimum absolute atomic E-state index is 0.571. The maximum Gasteiger partial charge on any atom is 0.142 e. The van der Waals surface area contributed by atoms with E-state index in [4.69, 9.17) is 9.47 Å². The van der Waals surface area contributed by atoms with E-state index >= 15 is 0 Å². The van der Waals surface area contributed by atoms with E-state index in [0.29, 0.717) is 6.04 Å². The van der Waals surface area contributed by atoms with Gasteiger partial charge in [0.1, 0.15) is 11.5 Å². The number of nitrogens with one attached hydrogen (secondary N) is 1. The topological polar surface area (TPSA) is 33.7 Å². The van der Waals surface area contributed by atoms with Crippen LogP contribution in [-0.2, 0) is 6.42 Å². The van der Waals surface area contributed by atoms with Crippen LogP contribution in [0.25, 0.3) is 0 Å². The number of anilines is 1. The van der Waals surface area contributed by atoms with Crippen LogP contribution < -0.4 is 19.7 Å². The van der Waals surface area contributed by atoms with Crippen LogP contribution in [0, 0.1) is 0 Å². The molecule has 4 heteroatoms. The highest BCUT2D eigenvalue weighted by molar-refractivity contribution is 5.64. The molecule has 116 valence electrons. The Balaban J connectivity index is 1.88. The first-order chi connectivity index (χ1) is 10.3. The highest BCUT2D eigenvalue weighted by Crippen LogP contribution is 2.37. The number of methoxy groups -OCH3 is 2. The number of ether oxygens (including phenoxy) is 2. The molecular weight excluding hydrogens is 264 g/mol. The summed E-state index contributed by atoms with van der Waals surface area (Å²) in [6, 6.07) is 4.90. The van der Waals surface area contributed by atoms with Crippen molar-refractivity contribution in [2.75, 3.05) is 38.8 Å². The van der Waals surface area contributed by atoms with Gasteiger partial charge in [-0.2, -0.15) is 0 Å². The Morgan fingerprint density at radius 3 is 2.48 bits per heavy atom. The Labute approximate surface area is 127 Å². The number of hydrogen-bond acceptors (Lipinski definition) is 4. The average molecular weight is 290 g/mol. The van der Waals surface area contributed by atoms with Gasteiger partial charge in [0.25, 0.3) is 0 Å². The molecule has 2 heterocycles. The van der Waals surface area contributed by atoms with Crippen molar-refractivity contribution in [3.8, 4) is 11.5 Å². The lowest BCUT2D eigenvalue weighted by Crippen LogP contribution is -2.24. The van der Waals surface area contributed by atoms with Crippen LogP contribution in [0.3, 0.4) is 0 Å². The van der Waals surface area contributed by atoms with E-state index < -0.39 is 0 Å². The van der Waals surface area contributed by atoms with Crippen LogP contribution in [0.2, 0.25) is 0 Å². The molecule has 0 saturated carbocycles. The number of benzene rings is 1. The molecule has 0 spiro atoms. The standard InChI is InChI=1S/C17H26N2O2/c1-20-16-12-15(19-8-3-4-9-19)17(21-2)11-13(16)10-14-6-5-7-18-14/h11-12,14,18H,3-10H2,1-2H3. The molecule has 1 aromatic carbocycles. The van der Waals surface area contributed by atoms with Gasteiger partial charge in [-0.1, -0.05) is 0 Å². The van der Waals surface area contributed by atoms with E-state index in [1.807, 2.05) is 0 Å². The average Bonchev–Trinajstić information content (AvgIpc) is 3.20. The zero-order valence-electron chi connectivity index (χ0n) is 13.2. The fraction of sp³-hybridized carbons (Fsp3) is 0.647. The smallest absolute Gasteiger partial charge is 0.142 e. The Kier molecular flexibility index (Phi) is 4.54. The van der Waals surface area contributed by atoms with Gasteiger partial charge >= 0.3 is 0 Å². The molecule has 3 rings (SSSR count). The third-order valence-corrected chi connectivity index (χ3v) is 4.66. The molecule has 2 aliphatic heterocycles. The van der Waals surface area contributed by atoms with Gasteiger partial charge in [-0.05, 0) is 50.3 Å². The summed E-state index contributed by atoms with van der Waals surface area (Å²) in [6.07, 6.45) is 6.06. The summed E-state index contributed by atoms with van der Waals surface area (Å²) in [5, 5.41) is 3.56. The number of nitrogens with zero attached hydrogens (tertiary/aromatic N) is 1. The summed E-state index contributed by atoms with van der Waals surface area (Å²) >= 11 is 0. The van der Waals surface area contributed by atoms with Crippen molar-refractivity contribution in [1.29, 1.82) is 0 Å². The predicted octanol–water partition coefficient (Wildman–Crippen LogP) is 2.60. The number of hydrogen-bond donors (Lipinski definition) is 1. The molecule has 2 aliphatic rings. The molecule has 1 unspecified atom stereocenters. The van der Waals surface area contributed by atoms with Crippen molar-refractivity contribution in [1.82, 2.24) is 5.32 Å². The molecule has 0 aromatic heterocycles. The molecule has 1 atom stereocenters. The van der Waals surface area contributed by atoms with E-state index in [1.165, 1.54) is 36.9 Å². The van der Waals surface area contributed by atoms with Crippen molar-refractivity contribution in [2.45, 2.75) is 38.1 Å². The van der Waals surface area contributed by atoms with Crippen LogP contribution in [0.4, 0.5) is 5.69 Å². The fourth-order valence-corrected chi connectivity index (χ4v) is 3.51. The predicted molar refractivity (Wildman–Crippen MR) is 85.7 cm³/mol. The van der Waals surface area contributed by atoms with Crippen LogP contribution in [-0.4, -0.2) is 39.9 Å². The lowest BCUT2D eigenvalue weighted by atomic mass is 10.0. The van der Waals surface area contributed by atoms with E-state index in [-0.39, 0.29) is 0 Å². The van der Waals surface area contributed by atoms with Crippen molar-refractivity contribution in [2.24, 2.45) is 0 Å². The fourth-order valence-electron chi connectivity index (χ4n) is 3.51. The van der Waals surface area contributed by atoms with Gasteiger partial charge in [0, 0.05) is 25.2 Å². The Bertz CT molecular complexity index is 478. The second-order valence-electron chi connectivity index (χ2n) is 6.03. The van der Waals surface area contributed by atoms with Crippen LogP contribution in [0.1, 0.15) is 31.2 Å². The van der Waals surface area contributed by atoms with Gasteiger partial charge < -0.3 is 19.7 Å². The molecule has 0 aliphatic carbocycles. The van der Waals surface area contributed by atoms with Gasteiger partial charge in [0.15, 0.2) is 0 Å². The highest BCUT2D eigenvalue weighted by Gasteiger charge is 2.22. The largest absolute Gasteiger partial charge is 0.496 e. The molecule has 1 aromatic rings. The van der Waals surface area contributed by atoms with Crippen LogP contribution >= 0.6 is 0 Å². The summed E-state index contributed by atoms with van der Waals surface area (Å²) in [6.45, 7) is 3.36.